The number of nitrogens with one attached hydrogen (secondary N) is 1. The molecule has 3 nitrogen and oxygen atoms in total. The molecule has 2 N–H and O–H groups in total. The lowest BCUT2D eigenvalue weighted by Gasteiger charge is -2.63. The van der Waals surface area contributed by atoms with Crippen molar-refractivity contribution in [3.8, 4) is 0 Å². The van der Waals surface area contributed by atoms with E-state index < -0.39 is 0 Å². The summed E-state index contributed by atoms with van der Waals surface area (Å²) in [7, 11) is 0. The van der Waals surface area contributed by atoms with E-state index in [1.54, 1.807) is 0 Å². The van der Waals surface area contributed by atoms with Gasteiger partial charge in [-0.3, -0.25) is 0 Å². The zero-order valence-electron chi connectivity index (χ0n) is 26.8. The van der Waals surface area contributed by atoms with Gasteiger partial charge in [-0.2, -0.15) is 0 Å². The van der Waals surface area contributed by atoms with Gasteiger partial charge in [0.2, 0.25) is 0 Å². The van der Waals surface area contributed by atoms with Crippen molar-refractivity contribution >= 4 is 0 Å². The fraction of sp³-hybridized carbons (Fsp3) is 1.00. The summed E-state index contributed by atoms with van der Waals surface area (Å²) in [5.41, 5.74) is 0.953. The number of nitrogens with zero attached hydrogens (tertiary/aromatic N) is 1. The molecule has 0 aliphatic heterocycles. The third kappa shape index (κ3) is 5.92. The predicted octanol–water partition coefficient (Wildman–Crippen LogP) is 8.01. The highest BCUT2D eigenvalue weighted by Gasteiger charge is 2.62. The van der Waals surface area contributed by atoms with Crippen molar-refractivity contribution < 1.29 is 5.11 Å². The Morgan fingerprint density at radius 2 is 1.53 bits per heavy atom. The molecule has 11 atom stereocenters. The van der Waals surface area contributed by atoms with Crippen molar-refractivity contribution in [3.05, 3.63) is 0 Å². The van der Waals surface area contributed by atoms with E-state index in [-0.39, 0.29) is 6.10 Å². The minimum atomic E-state index is -0.0833. The maximum Gasteiger partial charge on any atom is 0.0543 e. The highest BCUT2D eigenvalue weighted by molar-refractivity contribution is 5.12. The van der Waals surface area contributed by atoms with Crippen LogP contribution in [0.25, 0.3) is 0 Å². The van der Waals surface area contributed by atoms with Crippen LogP contribution in [0.4, 0.5) is 0 Å². The van der Waals surface area contributed by atoms with Crippen molar-refractivity contribution in [2.75, 3.05) is 26.2 Å². The van der Waals surface area contributed by atoms with E-state index in [1.165, 1.54) is 57.8 Å². The quantitative estimate of drug-likeness (QED) is 0.268. The van der Waals surface area contributed by atoms with Gasteiger partial charge in [0.15, 0.2) is 0 Å². The fourth-order valence-electron chi connectivity index (χ4n) is 11.2. The minimum absolute atomic E-state index is 0.0833. The van der Waals surface area contributed by atoms with Gasteiger partial charge in [-0.05, 0) is 129 Å². The standard InChI is InChI=1S/C35H66N2O/c1-9-26(24(4)5)13-12-25(6)29-14-15-30-28-23-33(36-20-21-37(10-2)11-3)32-22-27(38)16-18-35(32,8)31(28)17-19-34(29,30)7/h24-33,36,38H,9-23H2,1-8H3/t25-,26-,27+,28+,29-,30+,31+,32-,33+,34-,35-/m1/s1. The van der Waals surface area contributed by atoms with E-state index in [2.05, 4.69) is 65.6 Å². The van der Waals surface area contributed by atoms with Gasteiger partial charge < -0.3 is 15.3 Å². The molecule has 0 amide bonds. The van der Waals surface area contributed by atoms with Gasteiger partial charge in [0.25, 0.3) is 0 Å². The number of likely N-dealkylation sites (N-methyl/N-ethyl adjacent to an activating group) is 1. The molecule has 4 aliphatic carbocycles. The normalized spacial score (nSPS) is 42.6. The molecule has 3 heteroatoms. The van der Waals surface area contributed by atoms with Crippen LogP contribution >= 0.6 is 0 Å². The maximum atomic E-state index is 10.8. The molecular formula is C35H66N2O. The van der Waals surface area contributed by atoms with E-state index >= 15 is 0 Å². The molecule has 38 heavy (non-hydrogen) atoms. The Hall–Kier alpha value is -0.120. The van der Waals surface area contributed by atoms with Crippen LogP contribution in [0.3, 0.4) is 0 Å². The first-order valence-corrected chi connectivity index (χ1v) is 17.2. The third-order valence-corrected chi connectivity index (χ3v) is 13.6. The SMILES string of the molecule is CC[C@H](CC[C@@H](C)[C@H]1CC[C@H]2[C@@H]3C[C@H](NCCN(CC)CC)[C@H]4C[C@@H](O)CC[C@]4(C)[C@H]3CC[C@]12C)C(C)C. The Morgan fingerprint density at radius 3 is 2.18 bits per heavy atom. The Bertz CT molecular complexity index is 735. The van der Waals surface area contributed by atoms with Crippen molar-refractivity contribution in [2.24, 2.45) is 58.2 Å². The Morgan fingerprint density at radius 1 is 0.842 bits per heavy atom. The molecule has 0 aromatic rings. The Labute approximate surface area is 237 Å². The van der Waals surface area contributed by atoms with E-state index in [0.29, 0.717) is 22.8 Å². The molecule has 0 radical (unpaired) electrons. The van der Waals surface area contributed by atoms with Gasteiger partial charge in [-0.25, -0.2) is 0 Å². The third-order valence-electron chi connectivity index (χ3n) is 13.6. The van der Waals surface area contributed by atoms with E-state index in [9.17, 15) is 5.11 Å². The molecule has 4 rings (SSSR count). The van der Waals surface area contributed by atoms with Crippen LogP contribution in [-0.2, 0) is 0 Å². The summed E-state index contributed by atoms with van der Waals surface area (Å²) in [6.45, 7) is 24.4. The molecule has 0 heterocycles. The molecule has 4 saturated carbocycles. The summed E-state index contributed by atoms with van der Waals surface area (Å²) in [6, 6.07) is 0.585. The zero-order valence-corrected chi connectivity index (χ0v) is 26.8. The highest BCUT2D eigenvalue weighted by atomic mass is 16.3. The van der Waals surface area contributed by atoms with Crippen molar-refractivity contribution in [3.63, 3.8) is 0 Å². The van der Waals surface area contributed by atoms with Crippen LogP contribution in [0, 0.1) is 58.2 Å². The van der Waals surface area contributed by atoms with Crippen LogP contribution in [0.5, 0.6) is 0 Å². The zero-order chi connectivity index (χ0) is 27.7. The fourth-order valence-corrected chi connectivity index (χ4v) is 11.2. The molecule has 0 bridgehead atoms. The van der Waals surface area contributed by atoms with Gasteiger partial charge >= 0.3 is 0 Å². The molecular weight excluding hydrogens is 464 g/mol. The second-order valence-electron chi connectivity index (χ2n) is 15.4. The lowest BCUT2D eigenvalue weighted by Crippen LogP contribution is -2.61. The average Bonchev–Trinajstić information content (AvgIpc) is 3.25. The summed E-state index contributed by atoms with van der Waals surface area (Å²) in [5, 5.41) is 14.9. The first kappa shape index (κ1) is 30.8. The van der Waals surface area contributed by atoms with E-state index in [4.69, 9.17) is 0 Å². The summed E-state index contributed by atoms with van der Waals surface area (Å²) in [6.07, 6.45) is 14.6. The first-order chi connectivity index (χ1) is 18.1. The second-order valence-corrected chi connectivity index (χ2v) is 15.4. The molecule has 0 spiro atoms. The van der Waals surface area contributed by atoms with Crippen LogP contribution in [0.2, 0.25) is 0 Å². The number of hydrogen-bond acceptors (Lipinski definition) is 3. The molecule has 0 unspecified atom stereocenters. The van der Waals surface area contributed by atoms with Crippen LogP contribution in [0.1, 0.15) is 126 Å². The largest absolute Gasteiger partial charge is 0.393 e. The van der Waals surface area contributed by atoms with Crippen molar-refractivity contribution in [1.29, 1.82) is 0 Å². The first-order valence-electron chi connectivity index (χ1n) is 17.2. The number of hydrogen-bond donors (Lipinski definition) is 2. The lowest BCUT2D eigenvalue weighted by molar-refractivity contribution is -0.141. The summed E-state index contributed by atoms with van der Waals surface area (Å²) in [4.78, 5) is 2.55. The monoisotopic (exact) mass is 531 g/mol. The van der Waals surface area contributed by atoms with Gasteiger partial charge in [-0.1, -0.05) is 68.2 Å². The summed E-state index contributed by atoms with van der Waals surface area (Å²) < 4.78 is 0. The van der Waals surface area contributed by atoms with Gasteiger partial charge in [0.1, 0.15) is 0 Å². The van der Waals surface area contributed by atoms with E-state index in [0.717, 1.165) is 80.4 Å². The number of fused-ring (bicyclic) bond motifs is 5. The van der Waals surface area contributed by atoms with Crippen LogP contribution in [-0.4, -0.2) is 48.3 Å². The molecule has 0 saturated heterocycles. The molecule has 0 aromatic heterocycles. The highest BCUT2D eigenvalue weighted by Crippen LogP contribution is 2.68. The van der Waals surface area contributed by atoms with Gasteiger partial charge in [0.05, 0.1) is 6.10 Å². The predicted molar refractivity (Wildman–Crippen MR) is 163 cm³/mol. The molecule has 222 valence electrons. The molecule has 0 aromatic carbocycles. The second kappa shape index (κ2) is 12.8. The lowest BCUT2D eigenvalue weighted by atomic mass is 9.43. The van der Waals surface area contributed by atoms with Crippen LogP contribution in [0.15, 0.2) is 0 Å². The smallest absolute Gasteiger partial charge is 0.0543 e. The average molecular weight is 531 g/mol. The molecule has 4 aliphatic rings. The molecule has 4 fully saturated rings. The summed E-state index contributed by atoms with van der Waals surface area (Å²) >= 11 is 0. The number of aliphatic hydroxyl groups excluding tert-OH is 1. The Balaban J connectivity index is 1.49. The number of rotatable bonds is 12. The van der Waals surface area contributed by atoms with Gasteiger partial charge in [0, 0.05) is 19.1 Å². The number of aliphatic hydroxyl groups is 1. The topological polar surface area (TPSA) is 35.5 Å². The van der Waals surface area contributed by atoms with Gasteiger partial charge in [-0.15, -0.1) is 0 Å². The van der Waals surface area contributed by atoms with Crippen molar-refractivity contribution in [1.82, 2.24) is 10.2 Å². The van der Waals surface area contributed by atoms with Crippen LogP contribution < -0.4 is 5.32 Å². The minimum Gasteiger partial charge on any atom is -0.393 e. The van der Waals surface area contributed by atoms with E-state index in [1.807, 2.05) is 0 Å². The van der Waals surface area contributed by atoms with Crippen molar-refractivity contribution in [2.45, 2.75) is 138 Å². The Kier molecular flexibility index (Phi) is 10.4. The summed E-state index contributed by atoms with van der Waals surface area (Å²) in [5.74, 6) is 6.83. The maximum absolute atomic E-state index is 10.8.